The summed E-state index contributed by atoms with van der Waals surface area (Å²) in [5, 5.41) is 2.92. The highest BCUT2D eigenvalue weighted by Gasteiger charge is 2.31. The number of rotatable bonds is 10. The van der Waals surface area contributed by atoms with E-state index in [-0.39, 0.29) is 31.5 Å². The standard InChI is InChI=1S/C29H32BrFN2O3/c1-19(2)32-29(35)26(16-22-10-6-5-7-11-22)33(17-23-12-8-9-13-25(23)31)27(34)18-36-24-14-20(3)28(30)21(4)15-24/h5-15,19,26H,16-18H2,1-4H3,(H,32,35)/t26-/m0/s1. The predicted octanol–water partition coefficient (Wildman–Crippen LogP) is 5.75. The van der Waals surface area contributed by atoms with Gasteiger partial charge >= 0.3 is 0 Å². The van der Waals surface area contributed by atoms with Crippen LogP contribution in [0, 0.1) is 19.7 Å². The normalized spacial score (nSPS) is 11.8. The molecule has 0 heterocycles. The highest BCUT2D eigenvalue weighted by atomic mass is 79.9. The van der Waals surface area contributed by atoms with Crippen LogP contribution in [-0.4, -0.2) is 35.4 Å². The molecule has 0 aliphatic carbocycles. The molecule has 190 valence electrons. The maximum absolute atomic E-state index is 14.6. The topological polar surface area (TPSA) is 58.6 Å². The van der Waals surface area contributed by atoms with Crippen molar-refractivity contribution in [3.63, 3.8) is 0 Å². The van der Waals surface area contributed by atoms with E-state index < -0.39 is 17.8 Å². The van der Waals surface area contributed by atoms with E-state index in [2.05, 4.69) is 21.2 Å². The third kappa shape index (κ3) is 7.40. The third-order valence-corrected chi connectivity index (χ3v) is 7.02. The van der Waals surface area contributed by atoms with Crippen molar-refractivity contribution in [1.82, 2.24) is 10.2 Å². The van der Waals surface area contributed by atoms with Gasteiger partial charge in [-0.1, -0.05) is 64.5 Å². The van der Waals surface area contributed by atoms with E-state index in [1.54, 1.807) is 18.2 Å². The third-order valence-electron chi connectivity index (χ3n) is 5.77. The Morgan fingerprint density at radius 1 is 1.00 bits per heavy atom. The van der Waals surface area contributed by atoms with Crippen LogP contribution >= 0.6 is 15.9 Å². The van der Waals surface area contributed by atoms with Gasteiger partial charge in [-0.2, -0.15) is 0 Å². The maximum Gasteiger partial charge on any atom is 0.261 e. The zero-order valence-corrected chi connectivity index (χ0v) is 22.6. The molecule has 0 fully saturated rings. The van der Waals surface area contributed by atoms with E-state index in [0.717, 1.165) is 21.2 Å². The van der Waals surface area contributed by atoms with E-state index >= 15 is 0 Å². The van der Waals surface area contributed by atoms with Crippen LogP contribution in [-0.2, 0) is 22.6 Å². The number of amides is 2. The van der Waals surface area contributed by atoms with E-state index in [1.807, 2.05) is 70.2 Å². The van der Waals surface area contributed by atoms with Gasteiger partial charge < -0.3 is 15.0 Å². The molecule has 0 saturated heterocycles. The van der Waals surface area contributed by atoms with Gasteiger partial charge in [-0.15, -0.1) is 0 Å². The zero-order valence-electron chi connectivity index (χ0n) is 21.1. The van der Waals surface area contributed by atoms with Gasteiger partial charge in [-0.25, -0.2) is 4.39 Å². The summed E-state index contributed by atoms with van der Waals surface area (Å²) in [5.74, 6) is -0.582. The molecular formula is C29H32BrFN2O3. The van der Waals surface area contributed by atoms with Crippen molar-refractivity contribution in [2.24, 2.45) is 0 Å². The molecule has 0 unspecified atom stereocenters. The van der Waals surface area contributed by atoms with Crippen molar-refractivity contribution in [2.75, 3.05) is 6.61 Å². The van der Waals surface area contributed by atoms with Crippen LogP contribution in [0.15, 0.2) is 71.2 Å². The smallest absolute Gasteiger partial charge is 0.261 e. The van der Waals surface area contributed by atoms with Crippen molar-refractivity contribution in [2.45, 2.75) is 52.7 Å². The molecule has 0 aliphatic heterocycles. The summed E-state index contributed by atoms with van der Waals surface area (Å²) in [7, 11) is 0. The molecule has 0 spiro atoms. The minimum absolute atomic E-state index is 0.0593. The van der Waals surface area contributed by atoms with Gasteiger partial charge in [0, 0.05) is 29.0 Å². The number of carbonyl (C=O) groups is 2. The van der Waals surface area contributed by atoms with Gasteiger partial charge in [0.1, 0.15) is 17.6 Å². The second-order valence-electron chi connectivity index (χ2n) is 9.14. The van der Waals surface area contributed by atoms with Gasteiger partial charge in [-0.3, -0.25) is 9.59 Å². The molecule has 7 heteroatoms. The second kappa shape index (κ2) is 12.7. The lowest BCUT2D eigenvalue weighted by atomic mass is 10.0. The number of benzene rings is 3. The second-order valence-corrected chi connectivity index (χ2v) is 9.93. The highest BCUT2D eigenvalue weighted by Crippen LogP contribution is 2.26. The molecule has 1 atom stereocenters. The fourth-order valence-electron chi connectivity index (χ4n) is 3.96. The molecular weight excluding hydrogens is 523 g/mol. The molecule has 36 heavy (non-hydrogen) atoms. The number of nitrogens with zero attached hydrogens (tertiary/aromatic N) is 1. The summed E-state index contributed by atoms with van der Waals surface area (Å²) in [6.45, 7) is 7.28. The molecule has 0 aliphatic rings. The number of hydrogen-bond donors (Lipinski definition) is 1. The maximum atomic E-state index is 14.6. The van der Waals surface area contributed by atoms with Crippen molar-refractivity contribution in [1.29, 1.82) is 0 Å². The molecule has 0 aromatic heterocycles. The molecule has 0 radical (unpaired) electrons. The Hall–Kier alpha value is -3.19. The van der Waals surface area contributed by atoms with Crippen LogP contribution in [0.4, 0.5) is 4.39 Å². The van der Waals surface area contributed by atoms with E-state index in [9.17, 15) is 14.0 Å². The number of carbonyl (C=O) groups excluding carboxylic acids is 2. The Balaban J connectivity index is 1.93. The Morgan fingerprint density at radius 2 is 1.61 bits per heavy atom. The van der Waals surface area contributed by atoms with E-state index in [1.165, 1.54) is 11.0 Å². The summed E-state index contributed by atoms with van der Waals surface area (Å²) in [4.78, 5) is 28.3. The first-order chi connectivity index (χ1) is 17.2. The molecule has 1 N–H and O–H groups in total. The molecule has 0 saturated carbocycles. The first-order valence-corrected chi connectivity index (χ1v) is 12.7. The summed E-state index contributed by atoms with van der Waals surface area (Å²) in [6.07, 6.45) is 0.288. The first kappa shape index (κ1) is 27.4. The minimum atomic E-state index is -0.848. The summed E-state index contributed by atoms with van der Waals surface area (Å²) >= 11 is 3.54. The number of hydrogen-bond acceptors (Lipinski definition) is 3. The molecule has 2 amide bonds. The molecule has 3 aromatic carbocycles. The van der Waals surface area contributed by atoms with Crippen LogP contribution in [0.5, 0.6) is 5.75 Å². The quantitative estimate of drug-likeness (QED) is 0.347. The van der Waals surface area contributed by atoms with Gasteiger partial charge in [0.2, 0.25) is 5.91 Å². The average molecular weight is 555 g/mol. The van der Waals surface area contributed by atoms with Crippen molar-refractivity contribution in [3.05, 3.63) is 99.3 Å². The summed E-state index contributed by atoms with van der Waals surface area (Å²) in [6, 6.07) is 18.5. The van der Waals surface area contributed by atoms with E-state index in [0.29, 0.717) is 11.3 Å². The van der Waals surface area contributed by atoms with Gasteiger partial charge in [-0.05, 0) is 62.6 Å². The molecule has 3 rings (SSSR count). The fraction of sp³-hybridized carbons (Fsp3) is 0.310. The van der Waals surface area contributed by atoms with Gasteiger partial charge in [0.05, 0.1) is 0 Å². The largest absolute Gasteiger partial charge is 0.484 e. The van der Waals surface area contributed by atoms with Crippen LogP contribution in [0.1, 0.15) is 36.1 Å². The number of halogens is 2. The first-order valence-electron chi connectivity index (χ1n) is 11.9. The zero-order chi connectivity index (χ0) is 26.2. The lowest BCUT2D eigenvalue weighted by molar-refractivity contribution is -0.143. The Kier molecular flexibility index (Phi) is 9.65. The minimum Gasteiger partial charge on any atom is -0.484 e. The van der Waals surface area contributed by atoms with Crippen LogP contribution in [0.25, 0.3) is 0 Å². The molecule has 0 bridgehead atoms. The monoisotopic (exact) mass is 554 g/mol. The van der Waals surface area contributed by atoms with Crippen LogP contribution in [0.2, 0.25) is 0 Å². The van der Waals surface area contributed by atoms with Crippen molar-refractivity contribution >= 4 is 27.7 Å². The van der Waals surface area contributed by atoms with Gasteiger partial charge in [0.25, 0.3) is 5.91 Å². The Morgan fingerprint density at radius 3 is 2.22 bits per heavy atom. The van der Waals surface area contributed by atoms with Gasteiger partial charge in [0.15, 0.2) is 6.61 Å². The number of nitrogens with one attached hydrogen (secondary N) is 1. The number of aryl methyl sites for hydroxylation is 2. The Bertz CT molecular complexity index is 1180. The average Bonchev–Trinajstić information content (AvgIpc) is 2.84. The van der Waals surface area contributed by atoms with Crippen LogP contribution < -0.4 is 10.1 Å². The van der Waals surface area contributed by atoms with E-state index in [4.69, 9.17) is 4.74 Å². The highest BCUT2D eigenvalue weighted by molar-refractivity contribution is 9.10. The lowest BCUT2D eigenvalue weighted by Gasteiger charge is -2.32. The van der Waals surface area contributed by atoms with Crippen molar-refractivity contribution in [3.8, 4) is 5.75 Å². The summed E-state index contributed by atoms with van der Waals surface area (Å²) < 4.78 is 21.5. The summed E-state index contributed by atoms with van der Waals surface area (Å²) in [5.41, 5.74) is 3.20. The number of ether oxygens (including phenoxy) is 1. The lowest BCUT2D eigenvalue weighted by Crippen LogP contribution is -2.53. The predicted molar refractivity (Wildman–Crippen MR) is 143 cm³/mol. The molecule has 5 nitrogen and oxygen atoms in total. The van der Waals surface area contributed by atoms with Crippen LogP contribution in [0.3, 0.4) is 0 Å². The Labute approximate surface area is 220 Å². The van der Waals surface area contributed by atoms with Crippen molar-refractivity contribution < 1.29 is 18.7 Å². The molecule has 3 aromatic rings. The SMILES string of the molecule is Cc1cc(OCC(=O)N(Cc2ccccc2F)[C@@H](Cc2ccccc2)C(=O)NC(C)C)cc(C)c1Br. The fourth-order valence-corrected chi connectivity index (χ4v) is 4.19.